The van der Waals surface area contributed by atoms with Crippen LogP contribution >= 0.6 is 0 Å². The van der Waals surface area contributed by atoms with Gasteiger partial charge >= 0.3 is 5.69 Å². The number of nitrogens with one attached hydrogen (secondary N) is 1. The SMILES string of the molecule is C[C@@H](c1ccccc1)n1c(Cc2ccc(O)cc2)n[nH]c1=O. The molecule has 0 aliphatic heterocycles. The first-order valence-corrected chi connectivity index (χ1v) is 7.14. The third kappa shape index (κ3) is 2.79. The Balaban J connectivity index is 1.94. The third-order valence-electron chi connectivity index (χ3n) is 3.75. The number of aromatic nitrogens is 3. The Kier molecular flexibility index (Phi) is 3.78. The summed E-state index contributed by atoms with van der Waals surface area (Å²) in [6.45, 7) is 1.98. The molecule has 3 aromatic rings. The summed E-state index contributed by atoms with van der Waals surface area (Å²) in [7, 11) is 0. The molecule has 0 unspecified atom stereocenters. The maximum Gasteiger partial charge on any atom is 0.343 e. The molecule has 0 aliphatic rings. The van der Waals surface area contributed by atoms with Crippen LogP contribution in [-0.4, -0.2) is 19.9 Å². The van der Waals surface area contributed by atoms with Gasteiger partial charge in [-0.15, -0.1) is 0 Å². The summed E-state index contributed by atoms with van der Waals surface area (Å²) in [5.41, 5.74) is 1.82. The molecule has 0 fully saturated rings. The minimum absolute atomic E-state index is 0.0976. The van der Waals surface area contributed by atoms with Crippen LogP contribution in [-0.2, 0) is 6.42 Å². The number of H-pyrrole nitrogens is 1. The lowest BCUT2D eigenvalue weighted by molar-refractivity contribution is 0.475. The molecule has 0 aliphatic carbocycles. The van der Waals surface area contributed by atoms with E-state index in [0.29, 0.717) is 12.2 Å². The van der Waals surface area contributed by atoms with E-state index in [2.05, 4.69) is 10.2 Å². The third-order valence-corrected chi connectivity index (χ3v) is 3.75. The Morgan fingerprint density at radius 2 is 1.82 bits per heavy atom. The quantitative estimate of drug-likeness (QED) is 0.776. The van der Waals surface area contributed by atoms with Gasteiger partial charge < -0.3 is 5.11 Å². The normalized spacial score (nSPS) is 12.2. The zero-order chi connectivity index (χ0) is 15.5. The lowest BCUT2D eigenvalue weighted by Gasteiger charge is -2.15. The van der Waals surface area contributed by atoms with Crippen LogP contribution in [0.25, 0.3) is 0 Å². The van der Waals surface area contributed by atoms with Crippen molar-refractivity contribution in [1.82, 2.24) is 14.8 Å². The number of benzene rings is 2. The molecule has 112 valence electrons. The molecule has 1 heterocycles. The second-order valence-electron chi connectivity index (χ2n) is 5.24. The molecular formula is C17H17N3O2. The van der Waals surface area contributed by atoms with Crippen molar-refractivity contribution in [3.05, 3.63) is 82.0 Å². The van der Waals surface area contributed by atoms with E-state index < -0.39 is 0 Å². The van der Waals surface area contributed by atoms with E-state index in [9.17, 15) is 9.90 Å². The van der Waals surface area contributed by atoms with Gasteiger partial charge in [-0.25, -0.2) is 9.89 Å². The summed E-state index contributed by atoms with van der Waals surface area (Å²) in [5.74, 6) is 0.896. The molecule has 0 saturated heterocycles. The number of aromatic amines is 1. The smallest absolute Gasteiger partial charge is 0.343 e. The van der Waals surface area contributed by atoms with Crippen LogP contribution in [0.15, 0.2) is 59.4 Å². The van der Waals surface area contributed by atoms with Crippen molar-refractivity contribution in [2.24, 2.45) is 0 Å². The molecule has 5 heteroatoms. The zero-order valence-corrected chi connectivity index (χ0v) is 12.2. The summed E-state index contributed by atoms with van der Waals surface area (Å²) >= 11 is 0. The molecule has 2 aromatic carbocycles. The summed E-state index contributed by atoms with van der Waals surface area (Å²) in [5, 5.41) is 16.0. The van der Waals surface area contributed by atoms with Crippen LogP contribution in [0, 0.1) is 0 Å². The van der Waals surface area contributed by atoms with Gasteiger partial charge in [0, 0.05) is 6.42 Å². The van der Waals surface area contributed by atoms with Crippen LogP contribution < -0.4 is 5.69 Å². The Morgan fingerprint density at radius 1 is 1.14 bits per heavy atom. The highest BCUT2D eigenvalue weighted by Gasteiger charge is 2.16. The largest absolute Gasteiger partial charge is 0.508 e. The maximum absolute atomic E-state index is 12.1. The number of rotatable bonds is 4. The van der Waals surface area contributed by atoms with Crippen LogP contribution in [0.4, 0.5) is 0 Å². The molecule has 0 radical (unpaired) electrons. The van der Waals surface area contributed by atoms with Crippen molar-refractivity contribution < 1.29 is 5.11 Å². The van der Waals surface area contributed by atoms with Gasteiger partial charge in [-0.1, -0.05) is 42.5 Å². The Bertz CT molecular complexity index is 804. The number of hydrogen-bond acceptors (Lipinski definition) is 3. The van der Waals surface area contributed by atoms with Gasteiger partial charge in [-0.2, -0.15) is 5.10 Å². The van der Waals surface area contributed by atoms with Crippen LogP contribution in [0.1, 0.15) is 29.9 Å². The average Bonchev–Trinajstić information content (AvgIpc) is 2.90. The van der Waals surface area contributed by atoms with Gasteiger partial charge in [0.1, 0.15) is 11.6 Å². The maximum atomic E-state index is 12.1. The number of nitrogens with zero attached hydrogens (tertiary/aromatic N) is 2. The highest BCUT2D eigenvalue weighted by molar-refractivity contribution is 5.28. The van der Waals surface area contributed by atoms with Gasteiger partial charge in [0.15, 0.2) is 0 Å². The fourth-order valence-electron chi connectivity index (χ4n) is 2.54. The topological polar surface area (TPSA) is 70.9 Å². The molecule has 1 aromatic heterocycles. The first-order chi connectivity index (χ1) is 10.6. The molecule has 2 N–H and O–H groups in total. The molecule has 0 bridgehead atoms. The van der Waals surface area contributed by atoms with Crippen molar-refractivity contribution in [2.75, 3.05) is 0 Å². The van der Waals surface area contributed by atoms with E-state index >= 15 is 0 Å². The monoisotopic (exact) mass is 295 g/mol. The van der Waals surface area contributed by atoms with Gasteiger partial charge in [0.2, 0.25) is 0 Å². The van der Waals surface area contributed by atoms with Crippen molar-refractivity contribution in [3.63, 3.8) is 0 Å². The molecule has 5 nitrogen and oxygen atoms in total. The van der Waals surface area contributed by atoms with Crippen LogP contribution in [0.2, 0.25) is 0 Å². The van der Waals surface area contributed by atoms with Crippen LogP contribution in [0.3, 0.4) is 0 Å². The highest BCUT2D eigenvalue weighted by Crippen LogP contribution is 2.19. The van der Waals surface area contributed by atoms with E-state index in [1.165, 1.54) is 0 Å². The average molecular weight is 295 g/mol. The number of aromatic hydroxyl groups is 1. The second-order valence-corrected chi connectivity index (χ2v) is 5.24. The standard InChI is InChI=1S/C17H17N3O2/c1-12(14-5-3-2-4-6-14)20-16(18-19-17(20)22)11-13-7-9-15(21)10-8-13/h2-10,12,21H,11H2,1H3,(H,19,22)/t12-/m0/s1. The molecule has 0 amide bonds. The number of phenols is 1. The first kappa shape index (κ1) is 14.1. The highest BCUT2D eigenvalue weighted by atomic mass is 16.3. The summed E-state index contributed by atoms with van der Waals surface area (Å²) in [6.07, 6.45) is 0.524. The molecule has 0 saturated carbocycles. The van der Waals surface area contributed by atoms with E-state index in [-0.39, 0.29) is 17.5 Å². The summed E-state index contributed by atoms with van der Waals surface area (Å²) in [6, 6.07) is 16.7. The van der Waals surface area contributed by atoms with Gasteiger partial charge in [0.05, 0.1) is 6.04 Å². The minimum Gasteiger partial charge on any atom is -0.508 e. The molecule has 0 spiro atoms. The fraction of sp³-hybridized carbons (Fsp3) is 0.176. The Labute approximate surface area is 127 Å². The first-order valence-electron chi connectivity index (χ1n) is 7.14. The van der Waals surface area contributed by atoms with Crippen molar-refractivity contribution in [3.8, 4) is 5.75 Å². The molecule has 3 rings (SSSR count). The second kappa shape index (κ2) is 5.89. The van der Waals surface area contributed by atoms with Gasteiger partial charge in [0.25, 0.3) is 0 Å². The zero-order valence-electron chi connectivity index (χ0n) is 12.2. The number of hydrogen-bond donors (Lipinski definition) is 2. The van der Waals surface area contributed by atoms with Crippen molar-refractivity contribution in [2.45, 2.75) is 19.4 Å². The number of phenolic OH excluding ortho intramolecular Hbond substituents is 1. The molecule has 22 heavy (non-hydrogen) atoms. The van der Waals surface area contributed by atoms with E-state index in [1.807, 2.05) is 49.4 Å². The lowest BCUT2D eigenvalue weighted by atomic mass is 10.1. The van der Waals surface area contributed by atoms with E-state index in [4.69, 9.17) is 0 Å². The predicted octanol–water partition coefficient (Wildman–Crippen LogP) is 2.48. The van der Waals surface area contributed by atoms with E-state index in [1.54, 1.807) is 16.7 Å². The van der Waals surface area contributed by atoms with Crippen molar-refractivity contribution >= 4 is 0 Å². The summed E-state index contributed by atoms with van der Waals surface area (Å²) in [4.78, 5) is 12.1. The molecule has 1 atom stereocenters. The summed E-state index contributed by atoms with van der Waals surface area (Å²) < 4.78 is 1.67. The Hall–Kier alpha value is -2.82. The lowest BCUT2D eigenvalue weighted by Crippen LogP contribution is -2.23. The van der Waals surface area contributed by atoms with Crippen molar-refractivity contribution in [1.29, 1.82) is 0 Å². The minimum atomic E-state index is -0.217. The Morgan fingerprint density at radius 3 is 2.50 bits per heavy atom. The van der Waals surface area contributed by atoms with Gasteiger partial charge in [-0.05, 0) is 30.2 Å². The van der Waals surface area contributed by atoms with E-state index in [0.717, 1.165) is 11.1 Å². The molecular weight excluding hydrogens is 278 g/mol. The fourth-order valence-corrected chi connectivity index (χ4v) is 2.54. The van der Waals surface area contributed by atoms with Crippen LogP contribution in [0.5, 0.6) is 5.75 Å². The van der Waals surface area contributed by atoms with Gasteiger partial charge in [-0.3, -0.25) is 4.57 Å². The predicted molar refractivity (Wildman–Crippen MR) is 84.0 cm³/mol.